The molecule has 20 heavy (non-hydrogen) atoms. The highest BCUT2D eigenvalue weighted by Crippen LogP contribution is 2.18. The maximum absolute atomic E-state index is 11.9. The molecule has 0 bridgehead atoms. The molecule has 0 aromatic carbocycles. The summed E-state index contributed by atoms with van der Waals surface area (Å²) in [6, 6.07) is 3.59. The van der Waals surface area contributed by atoms with Crippen molar-refractivity contribution in [3.63, 3.8) is 0 Å². The molecule has 0 unspecified atom stereocenters. The highest BCUT2D eigenvalue weighted by atomic mass is 16.5. The van der Waals surface area contributed by atoms with Crippen LogP contribution in [0.3, 0.4) is 0 Å². The number of hydrogen-bond acceptors (Lipinski definition) is 4. The topological polar surface area (TPSA) is 74.9 Å². The number of rotatable bonds is 5. The maximum atomic E-state index is 11.9. The third kappa shape index (κ3) is 3.98. The van der Waals surface area contributed by atoms with Crippen LogP contribution in [0.4, 0.5) is 4.79 Å². The number of amides is 2. The van der Waals surface area contributed by atoms with E-state index in [1.165, 1.54) is 0 Å². The van der Waals surface area contributed by atoms with Gasteiger partial charge in [0.25, 0.3) is 0 Å². The monoisotopic (exact) mass is 282 g/mol. The number of ether oxygens (including phenoxy) is 1. The first-order valence-corrected chi connectivity index (χ1v) is 6.89. The molecule has 1 aromatic heterocycles. The molecule has 2 atom stereocenters. The molecular weight excluding hydrogens is 260 g/mol. The number of urea groups is 1. The van der Waals surface area contributed by atoms with Gasteiger partial charge in [-0.15, -0.1) is 0 Å². The van der Waals surface area contributed by atoms with Crippen LogP contribution in [0.15, 0.2) is 16.5 Å². The van der Waals surface area contributed by atoms with E-state index in [1.807, 2.05) is 19.1 Å². The fourth-order valence-corrected chi connectivity index (χ4v) is 2.28. The van der Waals surface area contributed by atoms with Crippen LogP contribution in [0.5, 0.6) is 0 Å². The second-order valence-corrected chi connectivity index (χ2v) is 5.19. The number of carbonyl (C=O) groups is 1. The first-order chi connectivity index (χ1) is 9.58. The van der Waals surface area contributed by atoms with Crippen molar-refractivity contribution in [2.24, 2.45) is 0 Å². The zero-order valence-electron chi connectivity index (χ0n) is 12.0. The van der Waals surface area contributed by atoms with Crippen LogP contribution >= 0.6 is 0 Å². The van der Waals surface area contributed by atoms with E-state index in [0.29, 0.717) is 13.1 Å². The lowest BCUT2D eigenvalue weighted by atomic mass is 10.2. The Hall–Kier alpha value is -1.53. The molecule has 112 valence electrons. The van der Waals surface area contributed by atoms with E-state index in [9.17, 15) is 4.79 Å². The maximum Gasteiger partial charge on any atom is 0.317 e. The van der Waals surface area contributed by atoms with E-state index in [0.717, 1.165) is 24.4 Å². The average molecular weight is 282 g/mol. The molecule has 2 heterocycles. The molecule has 2 N–H and O–H groups in total. The van der Waals surface area contributed by atoms with Gasteiger partial charge in [0, 0.05) is 13.6 Å². The van der Waals surface area contributed by atoms with E-state index in [1.54, 1.807) is 11.9 Å². The van der Waals surface area contributed by atoms with Gasteiger partial charge in [-0.1, -0.05) is 0 Å². The SMILES string of the molecule is Cc1ccc(CN(C)C(=O)NC[C@H]2CC[C@@H](CO)O2)o1. The minimum absolute atomic E-state index is 0.00430. The van der Waals surface area contributed by atoms with Crippen molar-refractivity contribution in [3.8, 4) is 0 Å². The predicted molar refractivity (Wildman–Crippen MR) is 73.3 cm³/mol. The summed E-state index contributed by atoms with van der Waals surface area (Å²) in [6.07, 6.45) is 1.63. The lowest BCUT2D eigenvalue weighted by Gasteiger charge is -2.19. The van der Waals surface area contributed by atoms with Gasteiger partial charge in [-0.3, -0.25) is 0 Å². The van der Waals surface area contributed by atoms with Crippen molar-refractivity contribution < 1.29 is 19.1 Å². The Balaban J connectivity index is 1.71. The van der Waals surface area contributed by atoms with Crippen LogP contribution in [0.1, 0.15) is 24.4 Å². The van der Waals surface area contributed by atoms with Crippen LogP contribution in [0.2, 0.25) is 0 Å². The van der Waals surface area contributed by atoms with Gasteiger partial charge in [-0.05, 0) is 31.9 Å². The van der Waals surface area contributed by atoms with Gasteiger partial charge in [0.15, 0.2) is 0 Å². The van der Waals surface area contributed by atoms with Gasteiger partial charge in [0.2, 0.25) is 0 Å². The van der Waals surface area contributed by atoms with Gasteiger partial charge >= 0.3 is 6.03 Å². The van der Waals surface area contributed by atoms with Gasteiger partial charge in [-0.25, -0.2) is 4.79 Å². The van der Waals surface area contributed by atoms with Gasteiger partial charge < -0.3 is 24.5 Å². The molecule has 2 rings (SSSR count). The normalized spacial score (nSPS) is 21.9. The minimum atomic E-state index is -0.157. The average Bonchev–Trinajstić information content (AvgIpc) is 3.04. The molecule has 6 heteroatoms. The summed E-state index contributed by atoms with van der Waals surface area (Å²) in [6.45, 7) is 2.82. The summed E-state index contributed by atoms with van der Waals surface area (Å²) in [7, 11) is 1.72. The quantitative estimate of drug-likeness (QED) is 0.853. The summed E-state index contributed by atoms with van der Waals surface area (Å²) >= 11 is 0. The van der Waals surface area contributed by atoms with Crippen LogP contribution in [0.25, 0.3) is 0 Å². The molecule has 0 aliphatic carbocycles. The van der Waals surface area contributed by atoms with E-state index in [2.05, 4.69) is 5.32 Å². The van der Waals surface area contributed by atoms with Crippen molar-refractivity contribution in [2.45, 2.75) is 38.5 Å². The number of aliphatic hydroxyl groups excluding tert-OH is 1. The first-order valence-electron chi connectivity index (χ1n) is 6.89. The summed E-state index contributed by atoms with van der Waals surface area (Å²) < 4.78 is 11.0. The fraction of sp³-hybridized carbons (Fsp3) is 0.643. The van der Waals surface area contributed by atoms with Crippen molar-refractivity contribution >= 4 is 6.03 Å². The number of hydrogen-bond donors (Lipinski definition) is 2. The summed E-state index contributed by atoms with van der Waals surface area (Å²) in [4.78, 5) is 13.5. The Morgan fingerprint density at radius 3 is 2.80 bits per heavy atom. The molecule has 0 spiro atoms. The van der Waals surface area contributed by atoms with Crippen molar-refractivity contribution in [2.75, 3.05) is 20.2 Å². The number of furan rings is 1. The fourth-order valence-electron chi connectivity index (χ4n) is 2.28. The highest BCUT2D eigenvalue weighted by molar-refractivity contribution is 5.73. The predicted octanol–water partition coefficient (Wildman–Crippen LogP) is 1.27. The Kier molecular flexibility index (Phi) is 5.03. The molecule has 2 amide bonds. The summed E-state index contributed by atoms with van der Waals surface area (Å²) in [5.41, 5.74) is 0. The molecule has 6 nitrogen and oxygen atoms in total. The second-order valence-electron chi connectivity index (χ2n) is 5.19. The lowest BCUT2D eigenvalue weighted by molar-refractivity contribution is 0.0130. The van der Waals surface area contributed by atoms with Gasteiger partial charge in [-0.2, -0.15) is 0 Å². The number of nitrogens with zero attached hydrogens (tertiary/aromatic N) is 1. The van der Waals surface area contributed by atoms with Crippen LogP contribution in [-0.2, 0) is 11.3 Å². The molecule has 1 saturated heterocycles. The van der Waals surface area contributed by atoms with E-state index < -0.39 is 0 Å². The van der Waals surface area contributed by atoms with Crippen LogP contribution < -0.4 is 5.32 Å². The van der Waals surface area contributed by atoms with Crippen LogP contribution in [-0.4, -0.2) is 48.4 Å². The Morgan fingerprint density at radius 2 is 2.20 bits per heavy atom. The number of aliphatic hydroxyl groups is 1. The van der Waals surface area contributed by atoms with E-state index in [-0.39, 0.29) is 24.8 Å². The molecule has 1 aliphatic rings. The highest BCUT2D eigenvalue weighted by Gasteiger charge is 2.25. The third-order valence-electron chi connectivity index (χ3n) is 3.42. The standard InChI is InChI=1S/C14H22N2O4/c1-10-3-4-12(19-10)8-16(2)14(18)15-7-11-5-6-13(9-17)20-11/h3-4,11,13,17H,5-9H2,1-2H3,(H,15,18)/t11-,13+/m1/s1. The third-order valence-corrected chi connectivity index (χ3v) is 3.42. The molecule has 0 saturated carbocycles. The number of nitrogens with one attached hydrogen (secondary N) is 1. The molecule has 1 aliphatic heterocycles. The van der Waals surface area contributed by atoms with E-state index in [4.69, 9.17) is 14.3 Å². The zero-order valence-corrected chi connectivity index (χ0v) is 12.0. The van der Waals surface area contributed by atoms with E-state index >= 15 is 0 Å². The largest absolute Gasteiger partial charge is 0.464 e. The van der Waals surface area contributed by atoms with Crippen molar-refractivity contribution in [1.29, 1.82) is 0 Å². The Morgan fingerprint density at radius 1 is 1.45 bits per heavy atom. The zero-order chi connectivity index (χ0) is 14.5. The molecule has 1 aromatic rings. The van der Waals surface area contributed by atoms with Gasteiger partial charge in [0.05, 0.1) is 25.4 Å². The first kappa shape index (κ1) is 14.9. The summed E-state index contributed by atoms with van der Waals surface area (Å²) in [5, 5.41) is 11.8. The van der Waals surface area contributed by atoms with Crippen LogP contribution in [0, 0.1) is 6.92 Å². The molecular formula is C14H22N2O4. The van der Waals surface area contributed by atoms with Crippen molar-refractivity contribution in [3.05, 3.63) is 23.7 Å². The molecule has 1 fully saturated rings. The Labute approximate surface area is 118 Å². The minimum Gasteiger partial charge on any atom is -0.464 e. The number of carbonyl (C=O) groups excluding carboxylic acids is 1. The van der Waals surface area contributed by atoms with Crippen molar-refractivity contribution in [1.82, 2.24) is 10.2 Å². The Bertz CT molecular complexity index is 446. The smallest absolute Gasteiger partial charge is 0.317 e. The van der Waals surface area contributed by atoms with Gasteiger partial charge in [0.1, 0.15) is 11.5 Å². The molecule has 0 radical (unpaired) electrons. The summed E-state index contributed by atoms with van der Waals surface area (Å²) in [5.74, 6) is 1.60. The lowest BCUT2D eigenvalue weighted by Crippen LogP contribution is -2.40. The second kappa shape index (κ2) is 6.76. The number of aryl methyl sites for hydroxylation is 1.